The van der Waals surface area contributed by atoms with Gasteiger partial charge in [-0.3, -0.25) is 0 Å². The summed E-state index contributed by atoms with van der Waals surface area (Å²) in [5, 5.41) is 7.86. The predicted molar refractivity (Wildman–Crippen MR) is 133 cm³/mol. The second kappa shape index (κ2) is 11.0. The van der Waals surface area contributed by atoms with Crippen molar-refractivity contribution in [3.63, 3.8) is 0 Å². The molecule has 4 bridgehead atoms. The molecule has 4 aliphatic rings. The fraction of sp³-hybridized carbons (Fsp3) is 0.655. The quantitative estimate of drug-likeness (QED) is 0.324. The van der Waals surface area contributed by atoms with E-state index in [0.29, 0.717) is 6.04 Å². The lowest BCUT2D eigenvalue weighted by Crippen LogP contribution is -2.55. The van der Waals surface area contributed by atoms with Gasteiger partial charge in [-0.05, 0) is 101 Å². The molecular formula is C29H44N2. The second-order valence-corrected chi connectivity index (χ2v) is 11.0. The van der Waals surface area contributed by atoms with Crippen molar-refractivity contribution in [2.24, 2.45) is 23.7 Å². The first-order valence-corrected chi connectivity index (χ1v) is 12.9. The number of rotatable bonds is 11. The third-order valence-electron chi connectivity index (χ3n) is 8.01. The van der Waals surface area contributed by atoms with Crippen LogP contribution in [-0.4, -0.2) is 25.2 Å². The SMILES string of the molecule is CC(C)=CCC/C(C)=C/C(Cc1ccccc1)NCCNC1C2CC3CC(C2)CC1C3. The van der Waals surface area contributed by atoms with Crippen LogP contribution in [0.5, 0.6) is 0 Å². The van der Waals surface area contributed by atoms with Crippen molar-refractivity contribution >= 4 is 0 Å². The molecular weight excluding hydrogens is 376 g/mol. The summed E-state index contributed by atoms with van der Waals surface area (Å²) in [5.41, 5.74) is 4.34. The van der Waals surface area contributed by atoms with Crippen LogP contribution in [0, 0.1) is 23.7 Å². The minimum Gasteiger partial charge on any atom is -0.312 e. The zero-order valence-electron chi connectivity index (χ0n) is 20.1. The molecule has 4 saturated carbocycles. The number of hydrogen-bond donors (Lipinski definition) is 2. The minimum absolute atomic E-state index is 0.411. The second-order valence-electron chi connectivity index (χ2n) is 11.0. The Balaban J connectivity index is 1.27. The molecule has 0 saturated heterocycles. The van der Waals surface area contributed by atoms with Gasteiger partial charge in [0.1, 0.15) is 0 Å². The third kappa shape index (κ3) is 6.56. The molecule has 0 heterocycles. The highest BCUT2D eigenvalue weighted by molar-refractivity contribution is 5.19. The molecule has 170 valence electrons. The first kappa shape index (κ1) is 22.8. The summed E-state index contributed by atoms with van der Waals surface area (Å²) in [6.45, 7) is 8.83. The molecule has 1 aromatic carbocycles. The van der Waals surface area contributed by atoms with Gasteiger partial charge in [0, 0.05) is 25.2 Å². The average molecular weight is 421 g/mol. The Kier molecular flexibility index (Phi) is 8.07. The molecule has 1 aromatic rings. The number of hydrogen-bond acceptors (Lipinski definition) is 2. The smallest absolute Gasteiger partial charge is 0.0293 e. The monoisotopic (exact) mass is 420 g/mol. The first-order valence-electron chi connectivity index (χ1n) is 12.9. The van der Waals surface area contributed by atoms with Crippen molar-refractivity contribution in [3.8, 4) is 0 Å². The van der Waals surface area contributed by atoms with Gasteiger partial charge in [-0.1, -0.05) is 53.6 Å². The van der Waals surface area contributed by atoms with Gasteiger partial charge in [-0.15, -0.1) is 0 Å². The molecule has 1 atom stereocenters. The van der Waals surface area contributed by atoms with Crippen molar-refractivity contribution in [3.05, 3.63) is 59.2 Å². The van der Waals surface area contributed by atoms with Gasteiger partial charge in [-0.2, -0.15) is 0 Å². The maximum atomic E-state index is 3.99. The van der Waals surface area contributed by atoms with E-state index >= 15 is 0 Å². The number of nitrogens with one attached hydrogen (secondary N) is 2. The summed E-state index contributed by atoms with van der Waals surface area (Å²) in [7, 11) is 0. The van der Waals surface area contributed by atoms with Crippen LogP contribution in [0.4, 0.5) is 0 Å². The zero-order valence-corrected chi connectivity index (χ0v) is 20.1. The summed E-state index contributed by atoms with van der Waals surface area (Å²) < 4.78 is 0. The van der Waals surface area contributed by atoms with Crippen LogP contribution in [0.3, 0.4) is 0 Å². The van der Waals surface area contributed by atoms with E-state index in [1.807, 2.05) is 0 Å². The van der Waals surface area contributed by atoms with Gasteiger partial charge in [0.15, 0.2) is 0 Å². The Morgan fingerprint density at radius 2 is 1.61 bits per heavy atom. The largest absolute Gasteiger partial charge is 0.312 e. The van der Waals surface area contributed by atoms with Crippen LogP contribution in [0.25, 0.3) is 0 Å². The summed E-state index contributed by atoms with van der Waals surface area (Å²) >= 11 is 0. The Morgan fingerprint density at radius 3 is 2.26 bits per heavy atom. The molecule has 0 radical (unpaired) electrons. The van der Waals surface area contributed by atoms with Crippen molar-refractivity contribution in [1.82, 2.24) is 10.6 Å². The van der Waals surface area contributed by atoms with E-state index in [9.17, 15) is 0 Å². The van der Waals surface area contributed by atoms with Crippen LogP contribution in [0.2, 0.25) is 0 Å². The molecule has 4 aliphatic carbocycles. The lowest BCUT2D eigenvalue weighted by molar-refractivity contribution is -0.0133. The van der Waals surface area contributed by atoms with Crippen molar-refractivity contribution < 1.29 is 0 Å². The van der Waals surface area contributed by atoms with Crippen molar-refractivity contribution in [2.45, 2.75) is 84.2 Å². The van der Waals surface area contributed by atoms with E-state index in [0.717, 1.165) is 62.1 Å². The van der Waals surface area contributed by atoms with Crippen molar-refractivity contribution in [1.29, 1.82) is 0 Å². The van der Waals surface area contributed by atoms with Crippen LogP contribution in [0.1, 0.15) is 71.3 Å². The van der Waals surface area contributed by atoms with Crippen LogP contribution in [-0.2, 0) is 6.42 Å². The highest BCUT2D eigenvalue weighted by Crippen LogP contribution is 2.53. The Labute approximate surface area is 191 Å². The molecule has 1 unspecified atom stereocenters. The topological polar surface area (TPSA) is 24.1 Å². The van der Waals surface area contributed by atoms with E-state index in [2.05, 4.69) is 73.9 Å². The maximum Gasteiger partial charge on any atom is 0.0293 e. The third-order valence-corrected chi connectivity index (χ3v) is 8.01. The first-order chi connectivity index (χ1) is 15.1. The highest BCUT2D eigenvalue weighted by atomic mass is 15.0. The van der Waals surface area contributed by atoms with Gasteiger partial charge in [0.2, 0.25) is 0 Å². The molecule has 5 rings (SSSR count). The molecule has 4 fully saturated rings. The summed E-state index contributed by atoms with van der Waals surface area (Å²) in [6.07, 6.45) is 15.8. The standard InChI is InChI=1S/C29H44N2/c1-21(2)8-7-9-22(3)14-28(20-23-10-5-4-6-11-23)30-12-13-31-29-26-16-24-15-25(18-26)19-27(29)17-24/h4-6,8,10-11,14,24-31H,7,9,12-13,15-20H2,1-3H3/b22-14+. The molecule has 2 N–H and O–H groups in total. The van der Waals surface area contributed by atoms with Crippen LogP contribution in [0.15, 0.2) is 53.6 Å². The van der Waals surface area contributed by atoms with Crippen LogP contribution >= 0.6 is 0 Å². The molecule has 31 heavy (non-hydrogen) atoms. The number of allylic oxidation sites excluding steroid dienone is 3. The van der Waals surface area contributed by atoms with E-state index in [-0.39, 0.29) is 0 Å². The normalized spacial score (nSPS) is 30.4. The summed E-state index contributed by atoms with van der Waals surface area (Å²) in [6, 6.07) is 12.2. The lowest BCUT2D eigenvalue weighted by Gasteiger charge is -2.54. The van der Waals surface area contributed by atoms with Gasteiger partial charge in [0.25, 0.3) is 0 Å². The van der Waals surface area contributed by atoms with E-state index < -0.39 is 0 Å². The summed E-state index contributed by atoms with van der Waals surface area (Å²) in [5.74, 6) is 4.06. The minimum atomic E-state index is 0.411. The highest BCUT2D eigenvalue weighted by Gasteiger charge is 2.47. The van der Waals surface area contributed by atoms with E-state index in [1.54, 1.807) is 6.42 Å². The molecule has 0 aromatic heterocycles. The van der Waals surface area contributed by atoms with Gasteiger partial charge in [0.05, 0.1) is 0 Å². The molecule has 2 nitrogen and oxygen atoms in total. The maximum absolute atomic E-state index is 3.99. The average Bonchev–Trinajstić information content (AvgIpc) is 2.72. The molecule has 0 aliphatic heterocycles. The fourth-order valence-corrected chi connectivity index (χ4v) is 6.83. The van der Waals surface area contributed by atoms with Gasteiger partial charge >= 0.3 is 0 Å². The van der Waals surface area contributed by atoms with Gasteiger partial charge < -0.3 is 10.6 Å². The molecule has 0 amide bonds. The van der Waals surface area contributed by atoms with Crippen molar-refractivity contribution in [2.75, 3.05) is 13.1 Å². The Morgan fingerprint density at radius 1 is 0.935 bits per heavy atom. The zero-order chi connectivity index (χ0) is 21.6. The predicted octanol–water partition coefficient (Wildman–Crippen LogP) is 6.29. The fourth-order valence-electron chi connectivity index (χ4n) is 6.83. The summed E-state index contributed by atoms with van der Waals surface area (Å²) in [4.78, 5) is 0. The molecule has 2 heteroatoms. The number of benzene rings is 1. The van der Waals surface area contributed by atoms with E-state index in [4.69, 9.17) is 0 Å². The Hall–Kier alpha value is -1.38. The van der Waals surface area contributed by atoms with Crippen LogP contribution < -0.4 is 10.6 Å². The lowest BCUT2D eigenvalue weighted by atomic mass is 9.54. The van der Waals surface area contributed by atoms with E-state index in [1.165, 1.54) is 42.4 Å². The Bertz CT molecular complexity index is 715. The molecule has 0 spiro atoms. The van der Waals surface area contributed by atoms with Gasteiger partial charge in [-0.25, -0.2) is 0 Å².